The number of sulfone groups is 1. The Balaban J connectivity index is 1.27. The molecule has 0 spiro atoms. The summed E-state index contributed by atoms with van der Waals surface area (Å²) < 4.78 is 29.2. The molecule has 1 fully saturated rings. The van der Waals surface area contributed by atoms with Crippen molar-refractivity contribution in [3.63, 3.8) is 0 Å². The first-order valence-corrected chi connectivity index (χ1v) is 13.5. The zero-order chi connectivity index (χ0) is 22.7. The molecule has 3 heterocycles. The number of aromatic nitrogens is 3. The van der Waals surface area contributed by atoms with E-state index in [0.717, 1.165) is 53.1 Å². The van der Waals surface area contributed by atoms with E-state index in [2.05, 4.69) is 33.9 Å². The van der Waals surface area contributed by atoms with Crippen LogP contribution in [0.15, 0.2) is 47.5 Å². The molecule has 2 aromatic heterocycles. The van der Waals surface area contributed by atoms with E-state index in [4.69, 9.17) is 4.74 Å². The largest absolute Gasteiger partial charge is 0.492 e. The van der Waals surface area contributed by atoms with Gasteiger partial charge in [0, 0.05) is 30.8 Å². The van der Waals surface area contributed by atoms with Crippen LogP contribution >= 0.6 is 11.3 Å². The minimum atomic E-state index is -3.20. The van der Waals surface area contributed by atoms with E-state index in [1.807, 2.05) is 12.1 Å². The minimum Gasteiger partial charge on any atom is -0.492 e. The number of hydrogen-bond acceptors (Lipinski definition) is 8. The van der Waals surface area contributed by atoms with Crippen LogP contribution in [0.5, 0.6) is 5.75 Å². The van der Waals surface area contributed by atoms with Crippen molar-refractivity contribution in [3.8, 4) is 17.0 Å². The van der Waals surface area contributed by atoms with Gasteiger partial charge < -0.3 is 9.64 Å². The molecule has 0 saturated carbocycles. The number of pyridine rings is 1. The van der Waals surface area contributed by atoms with E-state index in [1.165, 1.54) is 6.26 Å². The second kappa shape index (κ2) is 9.54. The molecule has 0 amide bonds. The molecule has 0 bridgehead atoms. The number of hydrogen-bond donors (Lipinski definition) is 0. The molecule has 1 saturated heterocycles. The highest BCUT2D eigenvalue weighted by molar-refractivity contribution is 7.90. The summed E-state index contributed by atoms with van der Waals surface area (Å²) in [5.41, 5.74) is 1.65. The Kier molecular flexibility index (Phi) is 6.76. The summed E-state index contributed by atoms with van der Waals surface area (Å²) in [5, 5.41) is 10.8. The van der Waals surface area contributed by atoms with Crippen LogP contribution in [0.3, 0.4) is 0 Å². The van der Waals surface area contributed by atoms with Crippen molar-refractivity contribution in [2.45, 2.75) is 37.5 Å². The van der Waals surface area contributed by atoms with E-state index >= 15 is 0 Å². The zero-order valence-electron chi connectivity index (χ0n) is 18.6. The molecule has 32 heavy (non-hydrogen) atoms. The highest BCUT2D eigenvalue weighted by Gasteiger charge is 2.23. The van der Waals surface area contributed by atoms with Crippen LogP contribution in [0.4, 0.5) is 5.13 Å². The van der Waals surface area contributed by atoms with Gasteiger partial charge in [-0.1, -0.05) is 37.3 Å². The third-order valence-electron chi connectivity index (χ3n) is 5.61. The first kappa shape index (κ1) is 22.7. The van der Waals surface area contributed by atoms with Crippen LogP contribution in [0.2, 0.25) is 0 Å². The van der Waals surface area contributed by atoms with Crippen LogP contribution in [-0.4, -0.2) is 49.6 Å². The summed E-state index contributed by atoms with van der Waals surface area (Å²) in [6.45, 7) is 6.90. The number of benzene rings is 1. The fraction of sp³-hybridized carbons (Fsp3) is 0.435. The Morgan fingerprint density at radius 2 is 1.81 bits per heavy atom. The Bertz CT molecular complexity index is 1130. The predicted molar refractivity (Wildman–Crippen MR) is 127 cm³/mol. The maximum atomic E-state index is 11.6. The minimum absolute atomic E-state index is 0.304. The molecule has 1 aliphatic heterocycles. The van der Waals surface area contributed by atoms with Crippen molar-refractivity contribution in [1.29, 1.82) is 0 Å². The highest BCUT2D eigenvalue weighted by atomic mass is 32.2. The van der Waals surface area contributed by atoms with E-state index in [1.54, 1.807) is 41.8 Å². The van der Waals surface area contributed by atoms with Crippen molar-refractivity contribution in [3.05, 3.63) is 47.6 Å². The van der Waals surface area contributed by atoms with E-state index in [0.29, 0.717) is 23.3 Å². The first-order chi connectivity index (χ1) is 15.3. The lowest BCUT2D eigenvalue weighted by molar-refractivity contribution is 0.222. The van der Waals surface area contributed by atoms with Crippen molar-refractivity contribution >= 4 is 26.3 Å². The van der Waals surface area contributed by atoms with E-state index in [9.17, 15) is 8.42 Å². The van der Waals surface area contributed by atoms with Gasteiger partial charge in [-0.15, -0.1) is 10.2 Å². The standard InChI is InChI=1S/C23H28N4O3S2/c1-16(2)22-25-26-23(31-22)27-12-10-17(11-13-27)15-30-19-6-9-21(24-14-19)18-4-7-20(8-5-18)32(3,28)29/h4-9,14,16-17H,10-13,15H2,1-3H3. The van der Waals surface area contributed by atoms with Crippen molar-refractivity contribution in [2.24, 2.45) is 5.92 Å². The summed E-state index contributed by atoms with van der Waals surface area (Å²) in [7, 11) is -3.20. The number of ether oxygens (including phenoxy) is 1. The number of anilines is 1. The van der Waals surface area contributed by atoms with Crippen LogP contribution in [0.25, 0.3) is 11.3 Å². The number of nitrogens with zero attached hydrogens (tertiary/aromatic N) is 4. The average molecular weight is 473 g/mol. The van der Waals surface area contributed by atoms with Gasteiger partial charge >= 0.3 is 0 Å². The Labute approximate surface area is 193 Å². The lowest BCUT2D eigenvalue weighted by atomic mass is 9.98. The van der Waals surface area contributed by atoms with Gasteiger partial charge in [0.1, 0.15) is 10.8 Å². The zero-order valence-corrected chi connectivity index (χ0v) is 20.2. The van der Waals surface area contributed by atoms with Crippen LogP contribution in [0.1, 0.15) is 37.6 Å². The van der Waals surface area contributed by atoms with Gasteiger partial charge in [-0.3, -0.25) is 4.98 Å². The van der Waals surface area contributed by atoms with Gasteiger partial charge in [-0.25, -0.2) is 8.42 Å². The van der Waals surface area contributed by atoms with Gasteiger partial charge in [-0.2, -0.15) is 0 Å². The molecular weight excluding hydrogens is 444 g/mol. The molecule has 170 valence electrons. The molecular formula is C23H28N4O3S2. The molecule has 4 rings (SSSR count). The fourth-order valence-corrected chi connectivity index (χ4v) is 5.13. The third kappa shape index (κ3) is 5.45. The van der Waals surface area contributed by atoms with Crippen molar-refractivity contribution < 1.29 is 13.2 Å². The third-order valence-corrected chi connectivity index (χ3v) is 8.02. The smallest absolute Gasteiger partial charge is 0.208 e. The summed E-state index contributed by atoms with van der Waals surface area (Å²) in [4.78, 5) is 7.11. The average Bonchev–Trinajstić information content (AvgIpc) is 3.29. The molecule has 0 atom stereocenters. The molecule has 0 radical (unpaired) electrons. The maximum Gasteiger partial charge on any atom is 0.208 e. The fourth-order valence-electron chi connectivity index (χ4n) is 3.60. The molecule has 7 nitrogen and oxygen atoms in total. The van der Waals surface area contributed by atoms with E-state index in [-0.39, 0.29) is 0 Å². The van der Waals surface area contributed by atoms with Crippen molar-refractivity contribution in [1.82, 2.24) is 15.2 Å². The summed E-state index contributed by atoms with van der Waals surface area (Å²) >= 11 is 1.69. The quantitative estimate of drug-likeness (QED) is 0.503. The SMILES string of the molecule is CC(C)c1nnc(N2CCC(COc3ccc(-c4ccc(S(C)(=O)=O)cc4)nc3)CC2)s1. The Morgan fingerprint density at radius 3 is 2.38 bits per heavy atom. The molecule has 0 unspecified atom stereocenters. The van der Waals surface area contributed by atoms with Gasteiger partial charge in [0.2, 0.25) is 5.13 Å². The molecule has 1 aromatic carbocycles. The lowest BCUT2D eigenvalue weighted by Crippen LogP contribution is -2.35. The normalized spacial score (nSPS) is 15.3. The Morgan fingerprint density at radius 1 is 1.09 bits per heavy atom. The van der Waals surface area contributed by atoms with Crippen LogP contribution in [-0.2, 0) is 9.84 Å². The summed E-state index contributed by atoms with van der Waals surface area (Å²) in [6, 6.07) is 10.6. The Hall–Kier alpha value is -2.52. The monoisotopic (exact) mass is 472 g/mol. The van der Waals surface area contributed by atoms with Gasteiger partial charge in [0.25, 0.3) is 0 Å². The van der Waals surface area contributed by atoms with Gasteiger partial charge in [0.15, 0.2) is 9.84 Å². The second-order valence-electron chi connectivity index (χ2n) is 8.49. The summed E-state index contributed by atoms with van der Waals surface area (Å²) in [5.74, 6) is 1.67. The van der Waals surface area contributed by atoms with Gasteiger partial charge in [0.05, 0.1) is 23.4 Å². The summed E-state index contributed by atoms with van der Waals surface area (Å²) in [6.07, 6.45) is 5.06. The van der Waals surface area contributed by atoms with Crippen LogP contribution < -0.4 is 9.64 Å². The molecule has 9 heteroatoms. The number of piperidine rings is 1. The maximum absolute atomic E-state index is 11.6. The molecule has 0 aliphatic carbocycles. The van der Waals surface area contributed by atoms with Gasteiger partial charge in [-0.05, 0) is 43.0 Å². The predicted octanol–water partition coefficient (Wildman–Crippen LogP) is 4.42. The lowest BCUT2D eigenvalue weighted by Gasteiger charge is -2.31. The van der Waals surface area contributed by atoms with E-state index < -0.39 is 9.84 Å². The molecule has 1 aliphatic rings. The first-order valence-electron chi connectivity index (χ1n) is 10.8. The van der Waals surface area contributed by atoms with Crippen molar-refractivity contribution in [2.75, 3.05) is 30.9 Å². The topological polar surface area (TPSA) is 85.3 Å². The number of rotatable bonds is 7. The second-order valence-corrected chi connectivity index (χ2v) is 11.5. The molecule has 0 N–H and O–H groups in total. The molecule has 3 aromatic rings. The highest BCUT2D eigenvalue weighted by Crippen LogP contribution is 2.29. The van der Waals surface area contributed by atoms with Crippen LogP contribution in [0, 0.1) is 5.92 Å².